The zero-order chi connectivity index (χ0) is 14.7. The lowest BCUT2D eigenvalue weighted by Crippen LogP contribution is -2.27. The molecule has 3 unspecified atom stereocenters. The maximum Gasteiger partial charge on any atom is 0.100 e. The van der Waals surface area contributed by atoms with Gasteiger partial charge in [-0.05, 0) is 36.8 Å². The van der Waals surface area contributed by atoms with Gasteiger partial charge >= 0.3 is 0 Å². The summed E-state index contributed by atoms with van der Waals surface area (Å²) in [5, 5.41) is 8.95. The summed E-state index contributed by atoms with van der Waals surface area (Å²) >= 11 is 0. The highest BCUT2D eigenvalue weighted by Crippen LogP contribution is 2.36. The first-order valence-electron chi connectivity index (χ1n) is 8.01. The van der Waals surface area contributed by atoms with Crippen LogP contribution in [0.5, 0.6) is 0 Å². The molecule has 1 fully saturated rings. The molecule has 0 saturated heterocycles. The van der Waals surface area contributed by atoms with Gasteiger partial charge in [0, 0.05) is 0 Å². The second kappa shape index (κ2) is 6.39. The van der Waals surface area contributed by atoms with Gasteiger partial charge in [0.15, 0.2) is 0 Å². The standard InChI is InChI=1S/C17H24N4/c1-2-13-7-6-8-14(11-13)17(18)16-12-19-21(20-16)15-9-4-3-5-10-15/h3-5,9-10,12-14,17H,2,6-8,11,18H2,1H3. The number of para-hydroxylation sites is 1. The quantitative estimate of drug-likeness (QED) is 0.935. The number of nitrogens with zero attached hydrogens (tertiary/aromatic N) is 3. The Balaban J connectivity index is 1.73. The first kappa shape index (κ1) is 14.3. The summed E-state index contributed by atoms with van der Waals surface area (Å²) in [5.74, 6) is 1.38. The fourth-order valence-corrected chi connectivity index (χ4v) is 3.38. The summed E-state index contributed by atoms with van der Waals surface area (Å²) in [6.45, 7) is 2.28. The fraction of sp³-hybridized carbons (Fsp3) is 0.529. The predicted octanol–water partition coefficient (Wildman–Crippen LogP) is 3.48. The van der Waals surface area contributed by atoms with Crippen LogP contribution in [0, 0.1) is 11.8 Å². The van der Waals surface area contributed by atoms with E-state index in [1.165, 1.54) is 32.1 Å². The molecule has 3 atom stereocenters. The van der Waals surface area contributed by atoms with Gasteiger partial charge in [-0.25, -0.2) is 0 Å². The van der Waals surface area contributed by atoms with Crippen LogP contribution in [0.4, 0.5) is 0 Å². The van der Waals surface area contributed by atoms with Gasteiger partial charge in [0.05, 0.1) is 17.9 Å². The molecular weight excluding hydrogens is 260 g/mol. The smallest absolute Gasteiger partial charge is 0.100 e. The third-order valence-corrected chi connectivity index (χ3v) is 4.75. The maximum atomic E-state index is 6.46. The Kier molecular flexibility index (Phi) is 4.34. The summed E-state index contributed by atoms with van der Waals surface area (Å²) in [6, 6.07) is 9.99. The fourth-order valence-electron chi connectivity index (χ4n) is 3.38. The van der Waals surface area contributed by atoms with Gasteiger partial charge in [0.2, 0.25) is 0 Å². The Morgan fingerprint density at radius 2 is 2.10 bits per heavy atom. The summed E-state index contributed by atoms with van der Waals surface area (Å²) in [4.78, 5) is 1.68. The van der Waals surface area contributed by atoms with E-state index in [-0.39, 0.29) is 6.04 Å². The van der Waals surface area contributed by atoms with Gasteiger partial charge in [-0.3, -0.25) is 0 Å². The molecule has 1 aromatic heterocycles. The average Bonchev–Trinajstić information content (AvgIpc) is 3.05. The molecule has 1 saturated carbocycles. The minimum atomic E-state index is 0.0109. The Hall–Kier alpha value is -1.68. The molecular formula is C17H24N4. The summed E-state index contributed by atoms with van der Waals surface area (Å²) in [7, 11) is 0. The molecule has 0 spiro atoms. The summed E-state index contributed by atoms with van der Waals surface area (Å²) in [5.41, 5.74) is 8.36. The van der Waals surface area contributed by atoms with Crippen LogP contribution in [-0.4, -0.2) is 15.0 Å². The highest BCUT2D eigenvalue weighted by atomic mass is 15.5. The van der Waals surface area contributed by atoms with Crippen molar-refractivity contribution in [1.29, 1.82) is 0 Å². The van der Waals surface area contributed by atoms with Crippen molar-refractivity contribution in [3.63, 3.8) is 0 Å². The predicted molar refractivity (Wildman–Crippen MR) is 84.0 cm³/mol. The molecule has 112 valence electrons. The third kappa shape index (κ3) is 3.16. The molecule has 2 aromatic rings. The number of aromatic nitrogens is 3. The van der Waals surface area contributed by atoms with E-state index < -0.39 is 0 Å². The van der Waals surface area contributed by atoms with Crippen molar-refractivity contribution in [3.8, 4) is 5.69 Å². The van der Waals surface area contributed by atoms with E-state index >= 15 is 0 Å². The van der Waals surface area contributed by atoms with Gasteiger partial charge in [0.25, 0.3) is 0 Å². The minimum Gasteiger partial charge on any atom is -0.322 e. The molecule has 0 radical (unpaired) electrons. The molecule has 0 amide bonds. The Labute approximate surface area is 126 Å². The lowest BCUT2D eigenvalue weighted by atomic mass is 9.76. The van der Waals surface area contributed by atoms with Gasteiger partial charge < -0.3 is 5.73 Å². The van der Waals surface area contributed by atoms with Crippen LogP contribution in [0.2, 0.25) is 0 Å². The van der Waals surface area contributed by atoms with E-state index in [4.69, 9.17) is 5.73 Å². The van der Waals surface area contributed by atoms with Crippen molar-refractivity contribution in [2.24, 2.45) is 17.6 Å². The first-order chi connectivity index (χ1) is 10.3. The highest BCUT2D eigenvalue weighted by Gasteiger charge is 2.28. The first-order valence-corrected chi connectivity index (χ1v) is 8.01. The van der Waals surface area contributed by atoms with E-state index in [2.05, 4.69) is 17.1 Å². The average molecular weight is 284 g/mol. The topological polar surface area (TPSA) is 56.7 Å². The molecule has 1 aliphatic carbocycles. The summed E-state index contributed by atoms with van der Waals surface area (Å²) < 4.78 is 0. The minimum absolute atomic E-state index is 0.0109. The zero-order valence-corrected chi connectivity index (χ0v) is 12.7. The molecule has 2 N–H and O–H groups in total. The number of hydrogen-bond donors (Lipinski definition) is 1. The van der Waals surface area contributed by atoms with Crippen molar-refractivity contribution >= 4 is 0 Å². The third-order valence-electron chi connectivity index (χ3n) is 4.75. The molecule has 3 rings (SSSR count). The van der Waals surface area contributed by atoms with Gasteiger partial charge in [-0.15, -0.1) is 0 Å². The molecule has 21 heavy (non-hydrogen) atoms. The lowest BCUT2D eigenvalue weighted by Gasteiger charge is -2.31. The van der Waals surface area contributed by atoms with Crippen molar-refractivity contribution in [1.82, 2.24) is 15.0 Å². The van der Waals surface area contributed by atoms with Gasteiger partial charge in [0.1, 0.15) is 5.69 Å². The monoisotopic (exact) mass is 284 g/mol. The normalized spacial score (nSPS) is 23.9. The van der Waals surface area contributed by atoms with Crippen LogP contribution in [0.3, 0.4) is 0 Å². The van der Waals surface area contributed by atoms with E-state index in [1.807, 2.05) is 36.5 Å². The van der Waals surface area contributed by atoms with Crippen LogP contribution in [-0.2, 0) is 0 Å². The van der Waals surface area contributed by atoms with Crippen LogP contribution < -0.4 is 5.73 Å². The molecule has 1 aliphatic rings. The van der Waals surface area contributed by atoms with E-state index in [1.54, 1.807) is 4.80 Å². The highest BCUT2D eigenvalue weighted by molar-refractivity contribution is 5.28. The number of benzene rings is 1. The van der Waals surface area contributed by atoms with Gasteiger partial charge in [-0.2, -0.15) is 15.0 Å². The largest absolute Gasteiger partial charge is 0.322 e. The molecule has 1 heterocycles. The maximum absolute atomic E-state index is 6.46. The molecule has 0 bridgehead atoms. The van der Waals surface area contributed by atoms with Gasteiger partial charge in [-0.1, -0.05) is 44.4 Å². The number of nitrogens with two attached hydrogens (primary N) is 1. The molecule has 1 aromatic carbocycles. The van der Waals surface area contributed by atoms with Crippen molar-refractivity contribution in [3.05, 3.63) is 42.2 Å². The Morgan fingerprint density at radius 1 is 1.29 bits per heavy atom. The second-order valence-corrected chi connectivity index (χ2v) is 6.12. The lowest BCUT2D eigenvalue weighted by molar-refractivity contribution is 0.228. The Bertz CT molecular complexity index is 563. The Morgan fingerprint density at radius 3 is 2.86 bits per heavy atom. The van der Waals surface area contributed by atoms with E-state index in [9.17, 15) is 0 Å². The number of rotatable bonds is 4. The van der Waals surface area contributed by atoms with Crippen LogP contribution in [0.15, 0.2) is 36.5 Å². The van der Waals surface area contributed by atoms with Crippen LogP contribution in [0.25, 0.3) is 5.69 Å². The SMILES string of the molecule is CCC1CCCC(C(N)c2cnn(-c3ccccc3)n2)C1. The van der Waals surface area contributed by atoms with Crippen molar-refractivity contribution in [2.45, 2.75) is 45.1 Å². The van der Waals surface area contributed by atoms with E-state index in [0.29, 0.717) is 5.92 Å². The molecule has 0 aliphatic heterocycles. The van der Waals surface area contributed by atoms with Crippen molar-refractivity contribution in [2.75, 3.05) is 0 Å². The van der Waals surface area contributed by atoms with Crippen LogP contribution >= 0.6 is 0 Å². The molecule has 4 heteroatoms. The van der Waals surface area contributed by atoms with Crippen LogP contribution in [0.1, 0.15) is 50.8 Å². The molecule has 4 nitrogen and oxygen atoms in total. The van der Waals surface area contributed by atoms with E-state index in [0.717, 1.165) is 17.3 Å². The summed E-state index contributed by atoms with van der Waals surface area (Å²) in [6.07, 6.45) is 8.19. The zero-order valence-electron chi connectivity index (χ0n) is 12.7. The second-order valence-electron chi connectivity index (χ2n) is 6.12. The van der Waals surface area contributed by atoms with Crippen molar-refractivity contribution < 1.29 is 0 Å². The number of hydrogen-bond acceptors (Lipinski definition) is 3.